The molecule has 0 bridgehead atoms. The molecule has 6 nitrogen and oxygen atoms in total. The average Bonchev–Trinajstić information content (AvgIpc) is 3.46. The van der Waals surface area contributed by atoms with E-state index >= 15 is 0 Å². The van der Waals surface area contributed by atoms with Crippen LogP contribution in [0, 0.1) is 0 Å². The predicted octanol–water partition coefficient (Wildman–Crippen LogP) is 23.5. The van der Waals surface area contributed by atoms with E-state index in [-0.39, 0.29) is 18.5 Å². The van der Waals surface area contributed by atoms with E-state index in [4.69, 9.17) is 4.74 Å². The molecule has 2 atom stereocenters. The Morgan fingerprint density at radius 3 is 0.887 bits per heavy atom. The van der Waals surface area contributed by atoms with E-state index in [1.165, 1.54) is 327 Å². The van der Waals surface area contributed by atoms with Gasteiger partial charge in [-0.05, 0) is 83.5 Å². The average molecular weight is 1120 g/mol. The number of carbonyl (C=O) groups is 2. The molecule has 0 fully saturated rings. The van der Waals surface area contributed by atoms with Gasteiger partial charge in [0.05, 0.1) is 25.4 Å². The highest BCUT2D eigenvalue weighted by Crippen LogP contribution is 2.18. The van der Waals surface area contributed by atoms with Crippen molar-refractivity contribution in [3.63, 3.8) is 0 Å². The Morgan fingerprint density at radius 1 is 0.338 bits per heavy atom. The number of amides is 1. The van der Waals surface area contributed by atoms with Crippen LogP contribution in [0.4, 0.5) is 0 Å². The fourth-order valence-electron chi connectivity index (χ4n) is 11.3. The summed E-state index contributed by atoms with van der Waals surface area (Å²) in [7, 11) is 0. The van der Waals surface area contributed by atoms with Crippen molar-refractivity contribution in [3.05, 3.63) is 36.5 Å². The van der Waals surface area contributed by atoms with E-state index in [0.29, 0.717) is 19.4 Å². The van der Waals surface area contributed by atoms with Gasteiger partial charge >= 0.3 is 5.97 Å². The zero-order valence-electron chi connectivity index (χ0n) is 54.1. The van der Waals surface area contributed by atoms with Crippen LogP contribution in [0.5, 0.6) is 0 Å². The zero-order valence-corrected chi connectivity index (χ0v) is 54.1. The van der Waals surface area contributed by atoms with Gasteiger partial charge < -0.3 is 20.3 Å². The molecular weight excluding hydrogens is 983 g/mol. The second-order valence-electron chi connectivity index (χ2n) is 24.9. The van der Waals surface area contributed by atoms with Gasteiger partial charge in [-0.3, -0.25) is 9.59 Å². The Morgan fingerprint density at radius 2 is 0.588 bits per heavy atom. The van der Waals surface area contributed by atoms with Crippen molar-refractivity contribution in [3.8, 4) is 0 Å². The van der Waals surface area contributed by atoms with Crippen LogP contribution < -0.4 is 5.32 Å². The van der Waals surface area contributed by atoms with Crippen LogP contribution >= 0.6 is 0 Å². The smallest absolute Gasteiger partial charge is 0.305 e. The van der Waals surface area contributed by atoms with Crippen molar-refractivity contribution in [1.82, 2.24) is 5.32 Å². The highest BCUT2D eigenvalue weighted by Gasteiger charge is 2.18. The number of ether oxygens (including phenoxy) is 1. The number of carbonyl (C=O) groups excluding carboxylic acids is 2. The van der Waals surface area contributed by atoms with Crippen LogP contribution in [-0.4, -0.2) is 47.4 Å². The van der Waals surface area contributed by atoms with Crippen LogP contribution in [0.3, 0.4) is 0 Å². The molecule has 0 saturated heterocycles. The Bertz CT molecular complexity index is 1300. The van der Waals surface area contributed by atoms with Gasteiger partial charge in [-0.15, -0.1) is 0 Å². The SMILES string of the molecule is CCCCCCCC/C=C\CCCCCCCC(=O)OCCCCCCCCCCCCCC/C=C\CCCCCCCCCCCCCCCC(=O)NC(CO)C(O)/C=C/CCCCCCCCCCCCCCCCCCC. The molecule has 0 saturated carbocycles. The lowest BCUT2D eigenvalue weighted by Crippen LogP contribution is -2.45. The van der Waals surface area contributed by atoms with Crippen molar-refractivity contribution < 1.29 is 24.5 Å². The van der Waals surface area contributed by atoms with Crippen molar-refractivity contribution in [2.45, 2.75) is 411 Å². The van der Waals surface area contributed by atoms with Crippen LogP contribution in [0.2, 0.25) is 0 Å². The highest BCUT2D eigenvalue weighted by atomic mass is 16.5. The summed E-state index contributed by atoms with van der Waals surface area (Å²) in [6, 6.07) is -0.628. The maximum Gasteiger partial charge on any atom is 0.305 e. The molecule has 0 aromatic carbocycles. The van der Waals surface area contributed by atoms with Crippen LogP contribution in [-0.2, 0) is 14.3 Å². The standard InChI is InChI=1S/C74H141NO5/c1-3-5-7-9-11-13-15-17-19-20-32-35-39-42-46-50-54-58-62-66-72(77)71(70-76)75-73(78)67-63-59-55-51-47-43-40-36-33-30-28-26-24-22-21-23-25-27-29-31-34-37-41-45-49-53-57-61-65-69-80-74(79)68-64-60-56-52-48-44-38-18-16-14-12-10-8-6-4-2/h18,21,23,38,62,66,71-72,76-77H,3-17,19-20,22,24-37,39-61,63-65,67-70H2,1-2H3,(H,75,78)/b23-21-,38-18-,66-62+. The minimum absolute atomic E-state index is 0.00870. The molecule has 3 N–H and O–H groups in total. The summed E-state index contributed by atoms with van der Waals surface area (Å²) >= 11 is 0. The number of aliphatic hydroxyl groups excluding tert-OH is 2. The van der Waals surface area contributed by atoms with E-state index in [0.717, 1.165) is 44.9 Å². The molecule has 0 aliphatic rings. The second-order valence-corrected chi connectivity index (χ2v) is 24.9. The fourth-order valence-corrected chi connectivity index (χ4v) is 11.3. The number of nitrogens with one attached hydrogen (secondary N) is 1. The van der Waals surface area contributed by atoms with Crippen LogP contribution in [0.1, 0.15) is 399 Å². The lowest BCUT2D eigenvalue weighted by atomic mass is 10.0. The van der Waals surface area contributed by atoms with Crippen LogP contribution in [0.15, 0.2) is 36.5 Å². The Labute approximate surface area is 500 Å². The summed E-state index contributed by atoms with van der Waals surface area (Å²) in [5, 5.41) is 23.2. The first kappa shape index (κ1) is 78.1. The number of rotatable bonds is 68. The largest absolute Gasteiger partial charge is 0.466 e. The molecule has 0 aromatic rings. The number of hydrogen-bond donors (Lipinski definition) is 3. The van der Waals surface area contributed by atoms with Crippen LogP contribution in [0.25, 0.3) is 0 Å². The first-order valence-corrected chi connectivity index (χ1v) is 36.3. The zero-order chi connectivity index (χ0) is 57.8. The molecule has 0 aliphatic heterocycles. The Kier molecular flexibility index (Phi) is 67.9. The van der Waals surface area contributed by atoms with E-state index in [1.54, 1.807) is 6.08 Å². The number of aliphatic hydroxyl groups is 2. The molecule has 0 spiro atoms. The summed E-state index contributed by atoms with van der Waals surface area (Å²) in [5.41, 5.74) is 0. The van der Waals surface area contributed by atoms with Gasteiger partial charge in [-0.25, -0.2) is 0 Å². The quantitative estimate of drug-likeness (QED) is 0.0320. The maximum atomic E-state index is 12.5. The second kappa shape index (κ2) is 69.6. The molecular formula is C74H141NO5. The molecule has 80 heavy (non-hydrogen) atoms. The van der Waals surface area contributed by atoms with E-state index in [1.807, 2.05) is 6.08 Å². The summed E-state index contributed by atoms with van der Waals surface area (Å²) < 4.78 is 5.49. The fraction of sp³-hybridized carbons (Fsp3) is 0.892. The molecule has 6 heteroatoms. The summed E-state index contributed by atoms with van der Waals surface area (Å²) in [5.74, 6) is -0.0551. The third-order valence-corrected chi connectivity index (χ3v) is 16.9. The lowest BCUT2D eigenvalue weighted by molar-refractivity contribution is -0.143. The van der Waals surface area contributed by atoms with E-state index in [9.17, 15) is 19.8 Å². The lowest BCUT2D eigenvalue weighted by Gasteiger charge is -2.20. The number of unbranched alkanes of at least 4 members (excludes halogenated alkanes) is 53. The first-order chi connectivity index (χ1) is 39.5. The van der Waals surface area contributed by atoms with Crippen molar-refractivity contribution in [2.75, 3.05) is 13.2 Å². The van der Waals surface area contributed by atoms with Gasteiger partial charge in [0.15, 0.2) is 0 Å². The Balaban J connectivity index is 3.39. The monoisotopic (exact) mass is 1120 g/mol. The predicted molar refractivity (Wildman–Crippen MR) is 352 cm³/mol. The van der Waals surface area contributed by atoms with Gasteiger partial charge in [-0.1, -0.05) is 339 Å². The molecule has 0 radical (unpaired) electrons. The van der Waals surface area contributed by atoms with Crippen molar-refractivity contribution in [1.29, 1.82) is 0 Å². The minimum atomic E-state index is -0.845. The molecule has 0 heterocycles. The van der Waals surface area contributed by atoms with Gasteiger partial charge in [0, 0.05) is 12.8 Å². The third-order valence-electron chi connectivity index (χ3n) is 16.9. The molecule has 0 rings (SSSR count). The van der Waals surface area contributed by atoms with Gasteiger partial charge in [0.1, 0.15) is 0 Å². The maximum absolute atomic E-state index is 12.5. The van der Waals surface area contributed by atoms with Crippen molar-refractivity contribution in [2.24, 2.45) is 0 Å². The molecule has 0 aliphatic carbocycles. The van der Waals surface area contributed by atoms with E-state index in [2.05, 4.69) is 43.5 Å². The van der Waals surface area contributed by atoms with E-state index < -0.39 is 12.1 Å². The number of allylic oxidation sites excluding steroid dienone is 5. The van der Waals surface area contributed by atoms with Gasteiger partial charge in [0.2, 0.25) is 5.91 Å². The summed E-state index contributed by atoms with van der Waals surface area (Å²) in [6.45, 7) is 4.93. The Hall–Kier alpha value is -1.92. The highest BCUT2D eigenvalue weighted by molar-refractivity contribution is 5.76. The molecule has 2 unspecified atom stereocenters. The third kappa shape index (κ3) is 65.2. The first-order valence-electron chi connectivity index (χ1n) is 36.3. The normalized spacial score (nSPS) is 12.7. The molecule has 0 aromatic heterocycles. The molecule has 1 amide bonds. The summed E-state index contributed by atoms with van der Waals surface area (Å²) in [4.78, 5) is 24.6. The topological polar surface area (TPSA) is 95.9 Å². The minimum Gasteiger partial charge on any atom is -0.466 e. The number of hydrogen-bond acceptors (Lipinski definition) is 5. The number of esters is 1. The summed E-state index contributed by atoms with van der Waals surface area (Å²) in [6.07, 6.45) is 89.4. The molecule has 472 valence electrons. The van der Waals surface area contributed by atoms with Crippen molar-refractivity contribution >= 4 is 11.9 Å². The van der Waals surface area contributed by atoms with Gasteiger partial charge in [0.25, 0.3) is 0 Å². The van der Waals surface area contributed by atoms with Gasteiger partial charge in [-0.2, -0.15) is 0 Å².